The van der Waals surface area contributed by atoms with Crippen molar-refractivity contribution >= 4 is 5.69 Å². The van der Waals surface area contributed by atoms with Crippen molar-refractivity contribution in [2.24, 2.45) is 0 Å². The zero-order chi connectivity index (χ0) is 13.9. The van der Waals surface area contributed by atoms with E-state index in [0.29, 0.717) is 12.1 Å². The van der Waals surface area contributed by atoms with E-state index in [9.17, 15) is 0 Å². The van der Waals surface area contributed by atoms with Gasteiger partial charge in [0.05, 0.1) is 6.10 Å². The maximum Gasteiger partial charge on any atom is 0.0726 e. The van der Waals surface area contributed by atoms with Gasteiger partial charge in [0.15, 0.2) is 0 Å². The molecule has 1 aromatic carbocycles. The minimum absolute atomic E-state index is 0.402. The summed E-state index contributed by atoms with van der Waals surface area (Å²) in [6, 6.07) is 7.36. The molecule has 0 radical (unpaired) electrons. The predicted octanol–water partition coefficient (Wildman–Crippen LogP) is 2.73. The molecule has 110 valence electrons. The molecule has 0 aliphatic carbocycles. The predicted molar refractivity (Wildman–Crippen MR) is 83.3 cm³/mol. The number of rotatable bonds is 4. The van der Waals surface area contributed by atoms with Crippen LogP contribution in [0.2, 0.25) is 0 Å². The molecule has 2 aliphatic rings. The fourth-order valence-electron chi connectivity index (χ4n) is 3.36. The van der Waals surface area contributed by atoms with Crippen LogP contribution in [0.3, 0.4) is 0 Å². The molecule has 3 nitrogen and oxygen atoms in total. The largest absolute Gasteiger partial charge is 0.377 e. The smallest absolute Gasteiger partial charge is 0.0726 e. The second kappa shape index (κ2) is 6.15. The van der Waals surface area contributed by atoms with Crippen LogP contribution in [-0.2, 0) is 17.7 Å². The van der Waals surface area contributed by atoms with Gasteiger partial charge in [0.1, 0.15) is 0 Å². The summed E-state index contributed by atoms with van der Waals surface area (Å²) in [6.07, 6.45) is 5.30. The lowest BCUT2D eigenvalue weighted by Gasteiger charge is -2.28. The molecule has 2 unspecified atom stereocenters. The Kier molecular flexibility index (Phi) is 4.27. The van der Waals surface area contributed by atoms with E-state index in [2.05, 4.69) is 42.4 Å². The van der Waals surface area contributed by atoms with Crippen LogP contribution in [0.1, 0.15) is 37.3 Å². The summed E-state index contributed by atoms with van der Waals surface area (Å²) in [5.41, 5.74) is 4.30. The molecule has 2 heterocycles. The number of anilines is 1. The molecule has 0 aromatic heterocycles. The van der Waals surface area contributed by atoms with Gasteiger partial charge in [0.25, 0.3) is 0 Å². The second-order valence-corrected chi connectivity index (χ2v) is 6.21. The van der Waals surface area contributed by atoms with Gasteiger partial charge in [0.2, 0.25) is 0 Å². The van der Waals surface area contributed by atoms with Crippen LogP contribution >= 0.6 is 0 Å². The van der Waals surface area contributed by atoms with Crippen molar-refractivity contribution in [3.8, 4) is 0 Å². The highest BCUT2D eigenvalue weighted by Gasteiger charge is 2.22. The summed E-state index contributed by atoms with van der Waals surface area (Å²) >= 11 is 0. The fourth-order valence-corrected chi connectivity index (χ4v) is 3.36. The van der Waals surface area contributed by atoms with Gasteiger partial charge in [-0.15, -0.1) is 0 Å². The molecular weight excluding hydrogens is 248 g/mol. The fraction of sp³-hybridized carbons (Fsp3) is 0.647. The molecule has 20 heavy (non-hydrogen) atoms. The van der Waals surface area contributed by atoms with E-state index in [4.69, 9.17) is 4.74 Å². The van der Waals surface area contributed by atoms with Gasteiger partial charge < -0.3 is 15.0 Å². The molecule has 3 heteroatoms. The molecule has 0 bridgehead atoms. The summed E-state index contributed by atoms with van der Waals surface area (Å²) in [5.74, 6) is 0. The monoisotopic (exact) mass is 274 g/mol. The first kappa shape index (κ1) is 13.9. The van der Waals surface area contributed by atoms with Crippen molar-refractivity contribution < 1.29 is 4.74 Å². The quantitative estimate of drug-likeness (QED) is 0.913. The normalized spacial score (nSPS) is 23.7. The third-order valence-electron chi connectivity index (χ3n) is 4.65. The van der Waals surface area contributed by atoms with Gasteiger partial charge in [-0.2, -0.15) is 0 Å². The Morgan fingerprint density at radius 1 is 1.40 bits per heavy atom. The zero-order valence-corrected chi connectivity index (χ0v) is 12.7. The average Bonchev–Trinajstić information content (AvgIpc) is 2.99. The Labute approximate surface area is 122 Å². The van der Waals surface area contributed by atoms with E-state index < -0.39 is 0 Å². The Morgan fingerprint density at radius 3 is 3.10 bits per heavy atom. The van der Waals surface area contributed by atoms with Crippen molar-refractivity contribution in [1.29, 1.82) is 0 Å². The molecule has 1 fully saturated rings. The summed E-state index contributed by atoms with van der Waals surface area (Å²) in [4.78, 5) is 2.37. The Hall–Kier alpha value is -1.06. The molecule has 1 aromatic rings. The highest BCUT2D eigenvalue weighted by atomic mass is 16.5. The molecule has 0 spiro atoms. The standard InChI is InChI=1S/C17H26N2O/c1-13(17-6-4-10-20-17)18-12-14-7-8-16-15(11-14)5-3-9-19(16)2/h7-8,11,13,17-18H,3-6,9-10,12H2,1-2H3. The molecule has 1 saturated heterocycles. The molecule has 0 saturated carbocycles. The molecule has 2 atom stereocenters. The third kappa shape index (κ3) is 2.99. The number of hydrogen-bond donors (Lipinski definition) is 1. The van der Waals surface area contributed by atoms with Crippen LogP contribution in [0.4, 0.5) is 5.69 Å². The number of fused-ring (bicyclic) bond motifs is 1. The molecule has 0 amide bonds. The Bertz CT molecular complexity index is 454. The SMILES string of the molecule is CC(NCc1ccc2c(c1)CCCN2C)C1CCCO1. The van der Waals surface area contributed by atoms with Crippen LogP contribution in [0, 0.1) is 0 Å². The van der Waals surface area contributed by atoms with Gasteiger partial charge in [-0.3, -0.25) is 0 Å². The first-order valence-electron chi connectivity index (χ1n) is 7.92. The number of nitrogens with one attached hydrogen (secondary N) is 1. The summed E-state index contributed by atoms with van der Waals surface area (Å²) in [5, 5.41) is 3.62. The summed E-state index contributed by atoms with van der Waals surface area (Å²) in [6.45, 7) is 5.29. The zero-order valence-electron chi connectivity index (χ0n) is 12.7. The maximum absolute atomic E-state index is 5.74. The Morgan fingerprint density at radius 2 is 2.30 bits per heavy atom. The number of ether oxygens (including phenoxy) is 1. The number of hydrogen-bond acceptors (Lipinski definition) is 3. The van der Waals surface area contributed by atoms with Gasteiger partial charge in [-0.25, -0.2) is 0 Å². The number of aryl methyl sites for hydroxylation is 1. The van der Waals surface area contributed by atoms with Crippen molar-refractivity contribution in [3.05, 3.63) is 29.3 Å². The lowest BCUT2D eigenvalue weighted by Crippen LogP contribution is -2.36. The van der Waals surface area contributed by atoms with Crippen molar-refractivity contribution in [2.75, 3.05) is 25.1 Å². The van der Waals surface area contributed by atoms with Crippen molar-refractivity contribution in [1.82, 2.24) is 5.32 Å². The van der Waals surface area contributed by atoms with Crippen molar-refractivity contribution in [2.45, 2.75) is 51.3 Å². The first-order chi connectivity index (χ1) is 9.74. The number of benzene rings is 1. The summed E-state index contributed by atoms with van der Waals surface area (Å²) in [7, 11) is 2.19. The Balaban J connectivity index is 1.60. The van der Waals surface area contributed by atoms with E-state index >= 15 is 0 Å². The van der Waals surface area contributed by atoms with Crippen LogP contribution in [0.15, 0.2) is 18.2 Å². The molecular formula is C17H26N2O. The van der Waals surface area contributed by atoms with Crippen LogP contribution in [-0.4, -0.2) is 32.3 Å². The molecule has 2 aliphatic heterocycles. The lowest BCUT2D eigenvalue weighted by atomic mass is 9.99. The van der Waals surface area contributed by atoms with E-state index in [0.717, 1.165) is 13.2 Å². The van der Waals surface area contributed by atoms with E-state index in [-0.39, 0.29) is 0 Å². The summed E-state index contributed by atoms with van der Waals surface area (Å²) < 4.78 is 5.74. The second-order valence-electron chi connectivity index (χ2n) is 6.21. The number of nitrogens with zero attached hydrogens (tertiary/aromatic N) is 1. The average molecular weight is 274 g/mol. The van der Waals surface area contributed by atoms with Gasteiger partial charge in [-0.1, -0.05) is 12.1 Å². The van der Waals surface area contributed by atoms with E-state index in [1.165, 1.54) is 49.0 Å². The van der Waals surface area contributed by atoms with E-state index in [1.54, 1.807) is 0 Å². The van der Waals surface area contributed by atoms with Crippen molar-refractivity contribution in [3.63, 3.8) is 0 Å². The molecule has 1 N–H and O–H groups in total. The first-order valence-corrected chi connectivity index (χ1v) is 7.92. The maximum atomic E-state index is 5.74. The minimum atomic E-state index is 0.402. The van der Waals surface area contributed by atoms with Crippen LogP contribution in [0.5, 0.6) is 0 Å². The van der Waals surface area contributed by atoms with Gasteiger partial charge in [0, 0.05) is 38.5 Å². The van der Waals surface area contributed by atoms with Crippen LogP contribution < -0.4 is 10.2 Å². The highest BCUT2D eigenvalue weighted by molar-refractivity contribution is 5.56. The minimum Gasteiger partial charge on any atom is -0.377 e. The van der Waals surface area contributed by atoms with Gasteiger partial charge >= 0.3 is 0 Å². The lowest BCUT2D eigenvalue weighted by molar-refractivity contribution is 0.0832. The van der Waals surface area contributed by atoms with Gasteiger partial charge in [-0.05, 0) is 49.8 Å². The van der Waals surface area contributed by atoms with E-state index in [1.807, 2.05) is 0 Å². The molecule has 3 rings (SSSR count). The van der Waals surface area contributed by atoms with Crippen LogP contribution in [0.25, 0.3) is 0 Å². The third-order valence-corrected chi connectivity index (χ3v) is 4.65. The topological polar surface area (TPSA) is 24.5 Å². The highest BCUT2D eigenvalue weighted by Crippen LogP contribution is 2.26.